The molecule has 1 nitrogen and oxygen atoms in total. The van der Waals surface area contributed by atoms with Crippen LogP contribution in [0, 0.1) is 0 Å². The van der Waals surface area contributed by atoms with Crippen LogP contribution < -0.4 is 0 Å². The molecule has 9 aromatic carbocycles. The number of rotatable bonds is 4. The minimum absolute atomic E-state index is 1.20. The molecule has 1 aromatic heterocycles. The third-order valence-electron chi connectivity index (χ3n) is 10.2. The van der Waals surface area contributed by atoms with Crippen molar-refractivity contribution < 1.29 is 0 Å². The van der Waals surface area contributed by atoms with Crippen molar-refractivity contribution in [3.05, 3.63) is 188 Å². The van der Waals surface area contributed by atoms with Crippen LogP contribution in [-0.4, -0.2) is 4.57 Å². The summed E-state index contributed by atoms with van der Waals surface area (Å²) >= 11 is 0. The van der Waals surface area contributed by atoms with Gasteiger partial charge in [0, 0.05) is 16.2 Å². The minimum atomic E-state index is 1.20. The Kier molecular flexibility index (Phi) is 6.25. The predicted molar refractivity (Wildman–Crippen MR) is 210 cm³/mol. The number of fused-ring (bicyclic) bond motifs is 6. The lowest BCUT2D eigenvalue weighted by atomic mass is 9.85. The molecule has 10 aromatic rings. The second-order valence-electron chi connectivity index (χ2n) is 12.9. The van der Waals surface area contributed by atoms with E-state index in [4.69, 9.17) is 0 Å². The standard InChI is InChI=1S/C48H31N/c1-2-13-32(14-3-1)33-25-27-35(28-26-33)47-39-19-6-8-21-41(39)48(42-22-9-7-20-40(42)47)36-29-30-46-43(31-36)38-18-10-11-23-45(38)49(46)44-24-12-16-34-15-4-5-17-37(34)44/h1-31H. The zero-order valence-electron chi connectivity index (χ0n) is 26.8. The molecule has 0 amide bonds. The van der Waals surface area contributed by atoms with Crippen LogP contribution in [0.15, 0.2) is 188 Å². The van der Waals surface area contributed by atoms with Crippen LogP contribution in [0.1, 0.15) is 0 Å². The number of para-hydroxylation sites is 1. The maximum absolute atomic E-state index is 2.44. The SMILES string of the molecule is c1ccc(-c2ccc(-c3c4ccccc4c(-c4ccc5c(c4)c4ccccc4n5-c4cccc5ccccc45)c4ccccc34)cc2)cc1. The molecule has 228 valence electrons. The van der Waals surface area contributed by atoms with Gasteiger partial charge in [0.15, 0.2) is 0 Å². The van der Waals surface area contributed by atoms with E-state index in [2.05, 4.69) is 193 Å². The first-order valence-electron chi connectivity index (χ1n) is 16.9. The van der Waals surface area contributed by atoms with Gasteiger partial charge in [0.05, 0.1) is 16.7 Å². The van der Waals surface area contributed by atoms with Gasteiger partial charge in [0.2, 0.25) is 0 Å². The third-order valence-corrected chi connectivity index (χ3v) is 10.2. The van der Waals surface area contributed by atoms with Crippen LogP contribution in [-0.2, 0) is 0 Å². The average Bonchev–Trinajstić information content (AvgIpc) is 3.50. The number of hydrogen-bond donors (Lipinski definition) is 0. The summed E-state index contributed by atoms with van der Waals surface area (Å²) in [5.74, 6) is 0. The van der Waals surface area contributed by atoms with E-state index in [0.29, 0.717) is 0 Å². The van der Waals surface area contributed by atoms with Crippen molar-refractivity contribution in [1.82, 2.24) is 4.57 Å². The smallest absolute Gasteiger partial charge is 0.0541 e. The number of aromatic nitrogens is 1. The van der Waals surface area contributed by atoms with E-state index >= 15 is 0 Å². The van der Waals surface area contributed by atoms with Crippen molar-refractivity contribution in [3.8, 4) is 39.1 Å². The first-order valence-corrected chi connectivity index (χ1v) is 16.9. The summed E-state index contributed by atoms with van der Waals surface area (Å²) in [5, 5.41) is 10.1. The van der Waals surface area contributed by atoms with Gasteiger partial charge in [0.1, 0.15) is 0 Å². The molecular weight excluding hydrogens is 591 g/mol. The Morgan fingerprint density at radius 1 is 0.265 bits per heavy atom. The van der Waals surface area contributed by atoms with E-state index in [1.165, 1.54) is 93.2 Å². The second kappa shape index (κ2) is 11.1. The molecule has 10 rings (SSSR count). The topological polar surface area (TPSA) is 4.93 Å². The lowest BCUT2D eigenvalue weighted by Crippen LogP contribution is -1.95. The summed E-state index contributed by atoms with van der Waals surface area (Å²) in [6, 6.07) is 68.7. The van der Waals surface area contributed by atoms with Gasteiger partial charge in [-0.05, 0) is 84.6 Å². The summed E-state index contributed by atoms with van der Waals surface area (Å²) in [7, 11) is 0. The maximum atomic E-state index is 2.44. The van der Waals surface area contributed by atoms with Crippen LogP contribution in [0.3, 0.4) is 0 Å². The highest BCUT2D eigenvalue weighted by Crippen LogP contribution is 2.45. The van der Waals surface area contributed by atoms with Gasteiger partial charge >= 0.3 is 0 Å². The molecule has 0 saturated heterocycles. The molecule has 0 aliphatic heterocycles. The van der Waals surface area contributed by atoms with E-state index in [-0.39, 0.29) is 0 Å². The highest BCUT2D eigenvalue weighted by atomic mass is 15.0. The molecule has 0 bridgehead atoms. The Hall–Kier alpha value is -6.44. The van der Waals surface area contributed by atoms with Gasteiger partial charge in [0.25, 0.3) is 0 Å². The molecule has 0 fully saturated rings. The molecule has 0 N–H and O–H groups in total. The second-order valence-corrected chi connectivity index (χ2v) is 12.9. The van der Waals surface area contributed by atoms with Crippen molar-refractivity contribution in [3.63, 3.8) is 0 Å². The normalized spacial score (nSPS) is 11.7. The molecule has 0 radical (unpaired) electrons. The Morgan fingerprint density at radius 3 is 1.43 bits per heavy atom. The molecule has 1 heterocycles. The Balaban J connectivity index is 1.22. The summed E-state index contributed by atoms with van der Waals surface area (Å²) in [6.07, 6.45) is 0. The minimum Gasteiger partial charge on any atom is -0.309 e. The van der Waals surface area contributed by atoms with Crippen LogP contribution in [0.2, 0.25) is 0 Å². The van der Waals surface area contributed by atoms with Crippen molar-refractivity contribution in [2.75, 3.05) is 0 Å². The van der Waals surface area contributed by atoms with Crippen LogP contribution in [0.4, 0.5) is 0 Å². The summed E-state index contributed by atoms with van der Waals surface area (Å²) in [5.41, 5.74) is 11.1. The fourth-order valence-corrected chi connectivity index (χ4v) is 8.00. The van der Waals surface area contributed by atoms with Crippen molar-refractivity contribution in [1.29, 1.82) is 0 Å². The number of nitrogens with zero attached hydrogens (tertiary/aromatic N) is 1. The zero-order valence-corrected chi connectivity index (χ0v) is 26.8. The molecule has 0 atom stereocenters. The first kappa shape index (κ1) is 27.7. The van der Waals surface area contributed by atoms with Gasteiger partial charge in [-0.25, -0.2) is 0 Å². The van der Waals surface area contributed by atoms with E-state index in [0.717, 1.165) is 0 Å². The first-order chi connectivity index (χ1) is 24.3. The molecule has 0 saturated carbocycles. The molecule has 0 spiro atoms. The highest BCUT2D eigenvalue weighted by molar-refractivity contribution is 6.22. The van der Waals surface area contributed by atoms with E-state index in [1.54, 1.807) is 0 Å². The molecular formula is C48H31N. The molecule has 1 heteroatoms. The van der Waals surface area contributed by atoms with Gasteiger partial charge in [-0.1, -0.05) is 164 Å². The fourth-order valence-electron chi connectivity index (χ4n) is 8.00. The van der Waals surface area contributed by atoms with Crippen molar-refractivity contribution in [2.45, 2.75) is 0 Å². The molecule has 0 aliphatic rings. The van der Waals surface area contributed by atoms with Crippen molar-refractivity contribution >= 4 is 54.1 Å². The molecule has 0 aliphatic carbocycles. The van der Waals surface area contributed by atoms with Gasteiger partial charge in [-0.15, -0.1) is 0 Å². The summed E-state index contributed by atoms with van der Waals surface area (Å²) < 4.78 is 2.44. The third kappa shape index (κ3) is 4.33. The fraction of sp³-hybridized carbons (Fsp3) is 0. The predicted octanol–water partition coefficient (Wildman–Crippen LogP) is 13.2. The van der Waals surface area contributed by atoms with Crippen molar-refractivity contribution in [2.24, 2.45) is 0 Å². The summed E-state index contributed by atoms with van der Waals surface area (Å²) in [4.78, 5) is 0. The zero-order chi connectivity index (χ0) is 32.3. The van der Waals surface area contributed by atoms with Gasteiger partial charge < -0.3 is 4.57 Å². The Labute approximate surface area is 284 Å². The monoisotopic (exact) mass is 621 g/mol. The van der Waals surface area contributed by atoms with E-state index in [9.17, 15) is 0 Å². The number of hydrogen-bond acceptors (Lipinski definition) is 0. The average molecular weight is 622 g/mol. The lowest BCUT2D eigenvalue weighted by molar-refractivity contribution is 1.20. The van der Waals surface area contributed by atoms with Crippen LogP contribution in [0.25, 0.3) is 93.2 Å². The Bertz CT molecular complexity index is 2790. The van der Waals surface area contributed by atoms with Crippen LogP contribution >= 0.6 is 0 Å². The lowest BCUT2D eigenvalue weighted by Gasteiger charge is -2.18. The maximum Gasteiger partial charge on any atom is 0.0541 e. The molecule has 49 heavy (non-hydrogen) atoms. The van der Waals surface area contributed by atoms with Crippen LogP contribution in [0.5, 0.6) is 0 Å². The van der Waals surface area contributed by atoms with Gasteiger partial charge in [-0.2, -0.15) is 0 Å². The summed E-state index contributed by atoms with van der Waals surface area (Å²) in [6.45, 7) is 0. The quantitative estimate of drug-likeness (QED) is 0.172. The number of benzene rings is 9. The highest BCUT2D eigenvalue weighted by Gasteiger charge is 2.19. The molecule has 0 unspecified atom stereocenters. The van der Waals surface area contributed by atoms with Gasteiger partial charge in [-0.3, -0.25) is 0 Å². The Morgan fingerprint density at radius 2 is 0.735 bits per heavy atom. The largest absolute Gasteiger partial charge is 0.309 e. The van der Waals surface area contributed by atoms with E-state index in [1.807, 2.05) is 0 Å². The van der Waals surface area contributed by atoms with E-state index < -0.39 is 0 Å².